The molecule has 4 aromatic rings. The SMILES string of the molecule is Cc1cc(C)c(-c2ccc(C[C@H](NC(=O)[C@H]3CC[C@H](CNC(=O)OC(C)(C)C)CC3)C(=O)Nc3ccc(-c4nn[nH]n4)cc3)cc2)cc1C(=O)O. The number of rotatable bonds is 11. The Morgan fingerprint density at radius 3 is 2.20 bits per heavy atom. The quantitative estimate of drug-likeness (QED) is 0.128. The summed E-state index contributed by atoms with van der Waals surface area (Å²) in [5, 5.41) is 32.4. The van der Waals surface area contributed by atoms with Gasteiger partial charge in [-0.1, -0.05) is 30.3 Å². The minimum absolute atomic E-state index is 0.186. The van der Waals surface area contributed by atoms with E-state index in [4.69, 9.17) is 4.74 Å². The molecule has 1 aromatic heterocycles. The molecule has 0 bridgehead atoms. The number of aromatic nitrogens is 4. The van der Waals surface area contributed by atoms with E-state index in [-0.39, 0.29) is 35.6 Å². The van der Waals surface area contributed by atoms with E-state index < -0.39 is 23.7 Å². The summed E-state index contributed by atoms with van der Waals surface area (Å²) in [5.41, 5.74) is 5.08. The highest BCUT2D eigenvalue weighted by molar-refractivity contribution is 5.98. The minimum Gasteiger partial charge on any atom is -0.478 e. The number of tetrazole rings is 1. The van der Waals surface area contributed by atoms with Gasteiger partial charge in [-0.25, -0.2) is 9.59 Å². The maximum absolute atomic E-state index is 13.7. The number of carboxylic acid groups (broad SMARTS) is 1. The lowest BCUT2D eigenvalue weighted by Crippen LogP contribution is -2.48. The van der Waals surface area contributed by atoms with Gasteiger partial charge in [0.2, 0.25) is 17.6 Å². The molecule has 0 aliphatic heterocycles. The number of anilines is 1. The Kier molecular flexibility index (Phi) is 11.5. The maximum atomic E-state index is 13.7. The lowest BCUT2D eigenvalue weighted by Gasteiger charge is -2.29. The molecular formula is C38H45N7O6. The Morgan fingerprint density at radius 2 is 1.59 bits per heavy atom. The van der Waals surface area contributed by atoms with Crippen molar-refractivity contribution in [1.82, 2.24) is 31.3 Å². The summed E-state index contributed by atoms with van der Waals surface area (Å²) in [4.78, 5) is 51.2. The summed E-state index contributed by atoms with van der Waals surface area (Å²) >= 11 is 0. The highest BCUT2D eigenvalue weighted by Gasteiger charge is 2.30. The number of nitrogens with one attached hydrogen (secondary N) is 4. The third-order valence-corrected chi connectivity index (χ3v) is 9.05. The molecule has 3 amide bonds. The molecule has 1 saturated carbocycles. The number of benzene rings is 3. The number of alkyl carbamates (subject to hydrolysis) is 1. The molecule has 1 fully saturated rings. The number of amides is 3. The smallest absolute Gasteiger partial charge is 0.407 e. The first-order chi connectivity index (χ1) is 24.3. The predicted molar refractivity (Wildman–Crippen MR) is 192 cm³/mol. The zero-order chi connectivity index (χ0) is 36.7. The number of hydrogen-bond acceptors (Lipinski definition) is 8. The summed E-state index contributed by atoms with van der Waals surface area (Å²) in [6, 6.07) is 17.3. The largest absolute Gasteiger partial charge is 0.478 e. The Labute approximate surface area is 297 Å². The minimum atomic E-state index is -0.981. The van der Waals surface area contributed by atoms with Crippen LogP contribution in [-0.4, -0.2) is 67.8 Å². The van der Waals surface area contributed by atoms with Crippen molar-refractivity contribution >= 4 is 29.6 Å². The van der Waals surface area contributed by atoms with Crippen molar-refractivity contribution in [2.75, 3.05) is 11.9 Å². The second kappa shape index (κ2) is 16.0. The van der Waals surface area contributed by atoms with Crippen LogP contribution in [0.25, 0.3) is 22.5 Å². The van der Waals surface area contributed by atoms with Crippen LogP contribution in [0.3, 0.4) is 0 Å². The molecule has 268 valence electrons. The number of hydrogen-bond donors (Lipinski definition) is 5. The molecule has 0 saturated heterocycles. The number of nitrogens with zero attached hydrogens (tertiary/aromatic N) is 3. The number of H-pyrrole nitrogens is 1. The number of aromatic carboxylic acids is 1. The topological polar surface area (TPSA) is 188 Å². The highest BCUT2D eigenvalue weighted by Crippen LogP contribution is 2.30. The molecular weight excluding hydrogens is 650 g/mol. The Balaban J connectivity index is 1.27. The van der Waals surface area contributed by atoms with Gasteiger partial charge in [0.1, 0.15) is 11.6 Å². The number of ether oxygens (including phenoxy) is 1. The van der Waals surface area contributed by atoms with Gasteiger partial charge >= 0.3 is 12.1 Å². The number of aryl methyl sites for hydroxylation is 2. The van der Waals surface area contributed by atoms with E-state index in [1.54, 1.807) is 37.3 Å². The molecule has 51 heavy (non-hydrogen) atoms. The van der Waals surface area contributed by atoms with E-state index in [9.17, 15) is 24.3 Å². The van der Waals surface area contributed by atoms with E-state index in [1.165, 1.54) is 0 Å². The van der Waals surface area contributed by atoms with Crippen molar-refractivity contribution in [3.8, 4) is 22.5 Å². The first kappa shape index (κ1) is 36.7. The standard InChI is InChI=1S/C38H45N7O6/c1-22-18-23(2)31(36(48)49)20-30(22)26-10-6-24(7-11-26)19-32(35(47)40-29-16-14-27(15-17-29)33-42-44-45-43-33)41-34(46)28-12-8-25(9-13-28)21-39-37(50)51-38(3,4)5/h6-7,10-11,14-18,20,25,28,32H,8-9,12-13,19,21H2,1-5H3,(H,39,50)(H,40,47)(H,41,46)(H,48,49)(H,42,43,44,45)/t25-,28-,32-/m0/s1. The number of aromatic amines is 1. The van der Waals surface area contributed by atoms with E-state index in [2.05, 4.69) is 36.6 Å². The summed E-state index contributed by atoms with van der Waals surface area (Å²) in [6.07, 6.45) is 2.60. The lowest BCUT2D eigenvalue weighted by molar-refractivity contribution is -0.130. The summed E-state index contributed by atoms with van der Waals surface area (Å²) in [5.74, 6) is -1.13. The van der Waals surface area contributed by atoms with Gasteiger partial charge in [-0.15, -0.1) is 10.2 Å². The summed E-state index contributed by atoms with van der Waals surface area (Å²) < 4.78 is 5.34. The number of carbonyl (C=O) groups is 4. The van der Waals surface area contributed by atoms with Crippen molar-refractivity contribution in [2.45, 2.75) is 78.4 Å². The van der Waals surface area contributed by atoms with Crippen LogP contribution in [0.15, 0.2) is 60.7 Å². The molecule has 1 aliphatic rings. The molecule has 5 rings (SSSR count). The zero-order valence-corrected chi connectivity index (χ0v) is 29.6. The van der Waals surface area contributed by atoms with Gasteiger partial charge in [0.25, 0.3) is 0 Å². The molecule has 1 heterocycles. The lowest BCUT2D eigenvalue weighted by atomic mass is 9.81. The van der Waals surface area contributed by atoms with Gasteiger partial charge in [0.05, 0.1) is 5.56 Å². The average Bonchev–Trinajstić information content (AvgIpc) is 3.62. The molecule has 1 atom stereocenters. The zero-order valence-electron chi connectivity index (χ0n) is 29.6. The molecule has 0 spiro atoms. The number of carboxylic acids is 1. The van der Waals surface area contributed by atoms with Gasteiger partial charge < -0.3 is 25.8 Å². The van der Waals surface area contributed by atoms with Crippen LogP contribution in [0.4, 0.5) is 10.5 Å². The second-order valence-corrected chi connectivity index (χ2v) is 14.2. The van der Waals surface area contributed by atoms with Crippen LogP contribution in [-0.2, 0) is 20.7 Å². The summed E-state index contributed by atoms with van der Waals surface area (Å²) in [6.45, 7) is 9.65. The van der Waals surface area contributed by atoms with Crippen molar-refractivity contribution in [3.05, 3.63) is 82.9 Å². The fourth-order valence-corrected chi connectivity index (χ4v) is 6.34. The van der Waals surface area contributed by atoms with E-state index in [0.29, 0.717) is 36.5 Å². The van der Waals surface area contributed by atoms with E-state index >= 15 is 0 Å². The molecule has 13 heteroatoms. The molecule has 13 nitrogen and oxygen atoms in total. The maximum Gasteiger partial charge on any atom is 0.407 e. The van der Waals surface area contributed by atoms with Crippen molar-refractivity contribution < 1.29 is 29.0 Å². The van der Waals surface area contributed by atoms with Crippen molar-refractivity contribution in [2.24, 2.45) is 11.8 Å². The first-order valence-electron chi connectivity index (χ1n) is 17.1. The molecule has 0 radical (unpaired) electrons. The van der Waals surface area contributed by atoms with Crippen LogP contribution in [0.1, 0.15) is 73.5 Å². The predicted octanol–water partition coefficient (Wildman–Crippen LogP) is 5.85. The second-order valence-electron chi connectivity index (χ2n) is 14.2. The highest BCUT2D eigenvalue weighted by atomic mass is 16.6. The normalized spacial score (nSPS) is 16.5. The fourth-order valence-electron chi connectivity index (χ4n) is 6.34. The van der Waals surface area contributed by atoms with Gasteiger partial charge in [0, 0.05) is 30.1 Å². The molecule has 0 unspecified atom stereocenters. The average molecular weight is 696 g/mol. The van der Waals surface area contributed by atoms with Crippen LogP contribution in [0.5, 0.6) is 0 Å². The van der Waals surface area contributed by atoms with Gasteiger partial charge in [-0.05, 0) is 130 Å². The Hall–Kier alpha value is -5.59. The van der Waals surface area contributed by atoms with Crippen molar-refractivity contribution in [3.63, 3.8) is 0 Å². The monoisotopic (exact) mass is 695 g/mol. The van der Waals surface area contributed by atoms with Crippen LogP contribution in [0.2, 0.25) is 0 Å². The molecule has 3 aromatic carbocycles. The third kappa shape index (κ3) is 9.99. The van der Waals surface area contributed by atoms with E-state index in [0.717, 1.165) is 40.7 Å². The van der Waals surface area contributed by atoms with Gasteiger partial charge in [-0.2, -0.15) is 5.21 Å². The molecule has 5 N–H and O–H groups in total. The van der Waals surface area contributed by atoms with Crippen LogP contribution < -0.4 is 16.0 Å². The number of carbonyl (C=O) groups excluding carboxylic acids is 3. The Bertz CT molecular complexity index is 1840. The van der Waals surface area contributed by atoms with Crippen LogP contribution >= 0.6 is 0 Å². The van der Waals surface area contributed by atoms with Gasteiger partial charge in [0.15, 0.2) is 0 Å². The van der Waals surface area contributed by atoms with E-state index in [1.807, 2.05) is 58.0 Å². The molecule has 1 aliphatic carbocycles. The van der Waals surface area contributed by atoms with Crippen molar-refractivity contribution in [1.29, 1.82) is 0 Å². The fraction of sp³-hybridized carbons (Fsp3) is 0.395. The first-order valence-corrected chi connectivity index (χ1v) is 17.1. The Morgan fingerprint density at radius 1 is 0.922 bits per heavy atom. The van der Waals surface area contributed by atoms with Gasteiger partial charge in [-0.3, -0.25) is 9.59 Å². The summed E-state index contributed by atoms with van der Waals surface area (Å²) in [7, 11) is 0. The third-order valence-electron chi connectivity index (χ3n) is 9.05. The van der Waals surface area contributed by atoms with Crippen LogP contribution in [0, 0.1) is 25.7 Å².